The third kappa shape index (κ3) is 1.98. The molecule has 2 heterocycles. The summed E-state index contributed by atoms with van der Waals surface area (Å²) in [7, 11) is 0. The van der Waals surface area contributed by atoms with Crippen molar-refractivity contribution >= 4 is 5.97 Å². The van der Waals surface area contributed by atoms with Crippen molar-refractivity contribution in [3.8, 4) is 11.4 Å². The highest BCUT2D eigenvalue weighted by Crippen LogP contribution is 2.21. The number of hydrogen-bond donors (Lipinski definition) is 3. The molecule has 0 saturated heterocycles. The van der Waals surface area contributed by atoms with Gasteiger partial charge < -0.3 is 10.1 Å². The summed E-state index contributed by atoms with van der Waals surface area (Å²) in [6.45, 7) is 1.94. The van der Waals surface area contributed by atoms with E-state index in [9.17, 15) is 4.79 Å². The number of carboxylic acids is 1. The number of hydrogen-bond acceptors (Lipinski definition) is 2. The number of nitrogens with one attached hydrogen (secondary N) is 2. The maximum absolute atomic E-state index is 10.5. The minimum atomic E-state index is -0.796. The van der Waals surface area contributed by atoms with Crippen LogP contribution in [0.1, 0.15) is 17.7 Å². The number of H-pyrrole nitrogens is 2. The zero-order valence-electron chi connectivity index (χ0n) is 8.95. The van der Waals surface area contributed by atoms with E-state index in [-0.39, 0.29) is 6.42 Å². The first-order chi connectivity index (χ1) is 7.68. The van der Waals surface area contributed by atoms with Gasteiger partial charge in [0.15, 0.2) is 0 Å². The normalized spacial score (nSPS) is 10.6. The second-order valence-corrected chi connectivity index (χ2v) is 3.65. The van der Waals surface area contributed by atoms with Crippen molar-refractivity contribution in [3.05, 3.63) is 29.6 Å². The van der Waals surface area contributed by atoms with Crippen molar-refractivity contribution in [2.24, 2.45) is 0 Å². The Balaban J connectivity index is 2.21. The molecule has 0 saturated carbocycles. The average molecular weight is 219 g/mol. The predicted octanol–water partition coefficient (Wildman–Crippen LogP) is 1.73. The van der Waals surface area contributed by atoms with Gasteiger partial charge in [-0.25, -0.2) is 0 Å². The molecule has 16 heavy (non-hydrogen) atoms. The molecule has 0 amide bonds. The standard InChI is InChI=1S/C11H13N3O2/c1-7-8(4-5-10(15)16)13-14-11(7)9-3-2-6-12-9/h2-3,6,12H,4-5H2,1H3,(H,13,14)(H,15,16). The molecule has 0 radical (unpaired) electrons. The van der Waals surface area contributed by atoms with Gasteiger partial charge >= 0.3 is 5.97 Å². The summed E-state index contributed by atoms with van der Waals surface area (Å²) in [5, 5.41) is 15.7. The van der Waals surface area contributed by atoms with Crippen LogP contribution in [0.3, 0.4) is 0 Å². The first kappa shape index (κ1) is 10.5. The zero-order chi connectivity index (χ0) is 11.5. The van der Waals surface area contributed by atoms with Gasteiger partial charge in [-0.05, 0) is 31.0 Å². The number of nitrogens with zero attached hydrogens (tertiary/aromatic N) is 1. The van der Waals surface area contributed by atoms with Crippen LogP contribution in [0.15, 0.2) is 18.3 Å². The second kappa shape index (κ2) is 4.22. The van der Waals surface area contributed by atoms with E-state index in [4.69, 9.17) is 5.11 Å². The minimum Gasteiger partial charge on any atom is -0.481 e. The van der Waals surface area contributed by atoms with Crippen molar-refractivity contribution < 1.29 is 9.90 Å². The molecule has 0 aliphatic carbocycles. The van der Waals surface area contributed by atoms with Crippen LogP contribution in [0.4, 0.5) is 0 Å². The summed E-state index contributed by atoms with van der Waals surface area (Å²) in [6.07, 6.45) is 2.43. The lowest BCUT2D eigenvalue weighted by molar-refractivity contribution is -0.136. The maximum atomic E-state index is 10.5. The molecule has 0 unspecified atom stereocenters. The molecule has 5 heteroatoms. The van der Waals surface area contributed by atoms with Gasteiger partial charge in [-0.2, -0.15) is 5.10 Å². The lowest BCUT2D eigenvalue weighted by atomic mass is 10.1. The molecule has 0 fully saturated rings. The average Bonchev–Trinajstić information content (AvgIpc) is 2.84. The van der Waals surface area contributed by atoms with Gasteiger partial charge in [-0.15, -0.1) is 0 Å². The molecule has 0 aromatic carbocycles. The van der Waals surface area contributed by atoms with Crippen LogP contribution >= 0.6 is 0 Å². The van der Waals surface area contributed by atoms with Gasteiger partial charge in [0.25, 0.3) is 0 Å². The fourth-order valence-electron chi connectivity index (χ4n) is 1.65. The zero-order valence-corrected chi connectivity index (χ0v) is 8.95. The lowest BCUT2D eigenvalue weighted by Crippen LogP contribution is -1.98. The Labute approximate surface area is 92.5 Å². The van der Waals surface area contributed by atoms with E-state index in [1.54, 1.807) is 0 Å². The quantitative estimate of drug-likeness (QED) is 0.732. The van der Waals surface area contributed by atoms with E-state index in [0.29, 0.717) is 6.42 Å². The molecule has 0 aliphatic heterocycles. The van der Waals surface area contributed by atoms with Crippen molar-refractivity contribution in [1.82, 2.24) is 15.2 Å². The van der Waals surface area contributed by atoms with E-state index >= 15 is 0 Å². The lowest BCUT2D eigenvalue weighted by Gasteiger charge is -1.97. The third-order valence-electron chi connectivity index (χ3n) is 2.55. The molecule has 0 bridgehead atoms. The van der Waals surface area contributed by atoms with Gasteiger partial charge in [0.1, 0.15) is 5.69 Å². The van der Waals surface area contributed by atoms with Crippen LogP contribution < -0.4 is 0 Å². The summed E-state index contributed by atoms with van der Waals surface area (Å²) in [6, 6.07) is 3.84. The monoisotopic (exact) mass is 219 g/mol. The van der Waals surface area contributed by atoms with E-state index in [1.165, 1.54) is 0 Å². The van der Waals surface area contributed by atoms with Gasteiger partial charge in [0, 0.05) is 11.9 Å². The highest BCUT2D eigenvalue weighted by molar-refractivity contribution is 5.67. The van der Waals surface area contributed by atoms with E-state index in [2.05, 4.69) is 15.2 Å². The van der Waals surface area contributed by atoms with Crippen LogP contribution in [0.2, 0.25) is 0 Å². The van der Waals surface area contributed by atoms with Crippen molar-refractivity contribution in [1.29, 1.82) is 0 Å². The van der Waals surface area contributed by atoms with Crippen molar-refractivity contribution in [2.75, 3.05) is 0 Å². The first-order valence-corrected chi connectivity index (χ1v) is 5.08. The highest BCUT2D eigenvalue weighted by atomic mass is 16.4. The Morgan fingerprint density at radius 1 is 1.56 bits per heavy atom. The molecule has 5 nitrogen and oxygen atoms in total. The number of carboxylic acid groups (broad SMARTS) is 1. The number of rotatable bonds is 4. The first-order valence-electron chi connectivity index (χ1n) is 5.08. The molecule has 2 aromatic heterocycles. The number of aromatic nitrogens is 3. The molecule has 0 aliphatic rings. The molecule has 84 valence electrons. The van der Waals surface area contributed by atoms with Gasteiger partial charge in [-0.1, -0.05) is 0 Å². The summed E-state index contributed by atoms with van der Waals surface area (Å²) >= 11 is 0. The second-order valence-electron chi connectivity index (χ2n) is 3.65. The Bertz CT molecular complexity index is 485. The number of aromatic amines is 2. The Morgan fingerprint density at radius 3 is 3.00 bits per heavy atom. The smallest absolute Gasteiger partial charge is 0.303 e. The number of carbonyl (C=O) groups is 1. The topological polar surface area (TPSA) is 81.8 Å². The molecule has 2 aromatic rings. The summed E-state index contributed by atoms with van der Waals surface area (Å²) in [4.78, 5) is 13.6. The highest BCUT2D eigenvalue weighted by Gasteiger charge is 2.11. The van der Waals surface area contributed by atoms with Gasteiger partial charge in [0.2, 0.25) is 0 Å². The fourth-order valence-corrected chi connectivity index (χ4v) is 1.65. The summed E-state index contributed by atoms with van der Waals surface area (Å²) < 4.78 is 0. The maximum Gasteiger partial charge on any atom is 0.303 e. The molecule has 0 spiro atoms. The molecule has 3 N–H and O–H groups in total. The van der Waals surface area contributed by atoms with E-state index in [0.717, 1.165) is 22.6 Å². The van der Waals surface area contributed by atoms with Crippen LogP contribution in [0.5, 0.6) is 0 Å². The Morgan fingerprint density at radius 2 is 2.38 bits per heavy atom. The van der Waals surface area contributed by atoms with Crippen LogP contribution in [-0.4, -0.2) is 26.3 Å². The Kier molecular flexibility index (Phi) is 2.76. The third-order valence-corrected chi connectivity index (χ3v) is 2.55. The van der Waals surface area contributed by atoms with Crippen molar-refractivity contribution in [3.63, 3.8) is 0 Å². The number of aryl methyl sites for hydroxylation is 1. The Hall–Kier alpha value is -2.04. The fraction of sp³-hybridized carbons (Fsp3) is 0.273. The summed E-state index contributed by atoms with van der Waals surface area (Å²) in [5.74, 6) is -0.796. The van der Waals surface area contributed by atoms with Crippen LogP contribution in [0, 0.1) is 6.92 Å². The van der Waals surface area contributed by atoms with Crippen molar-refractivity contribution in [2.45, 2.75) is 19.8 Å². The van der Waals surface area contributed by atoms with Gasteiger partial charge in [-0.3, -0.25) is 9.89 Å². The van der Waals surface area contributed by atoms with Crippen LogP contribution in [0.25, 0.3) is 11.4 Å². The van der Waals surface area contributed by atoms with E-state index in [1.807, 2.05) is 25.3 Å². The number of aliphatic carboxylic acids is 1. The molecule has 2 rings (SSSR count). The van der Waals surface area contributed by atoms with E-state index < -0.39 is 5.97 Å². The molecular weight excluding hydrogens is 206 g/mol. The van der Waals surface area contributed by atoms with Gasteiger partial charge in [0.05, 0.1) is 12.1 Å². The SMILES string of the molecule is Cc1c(-c2ccc[nH]2)n[nH]c1CCC(=O)O. The van der Waals surface area contributed by atoms with Crippen LogP contribution in [-0.2, 0) is 11.2 Å². The summed E-state index contributed by atoms with van der Waals surface area (Å²) in [5.41, 5.74) is 3.68. The molecular formula is C11H13N3O2. The molecule has 0 atom stereocenters. The minimum absolute atomic E-state index is 0.118. The predicted molar refractivity (Wildman–Crippen MR) is 59.1 cm³/mol. The largest absolute Gasteiger partial charge is 0.481 e.